The molecule has 3 rings (SSSR count). The van der Waals surface area contributed by atoms with E-state index in [-0.39, 0.29) is 31.5 Å². The Morgan fingerprint density at radius 3 is 2.18 bits per heavy atom. The first kappa shape index (κ1) is 14.9. The van der Waals surface area contributed by atoms with Gasteiger partial charge in [0.15, 0.2) is 0 Å². The summed E-state index contributed by atoms with van der Waals surface area (Å²) in [6.07, 6.45) is 1.36. The van der Waals surface area contributed by atoms with E-state index in [4.69, 9.17) is 0 Å². The van der Waals surface area contributed by atoms with Crippen molar-refractivity contribution in [1.82, 2.24) is 4.98 Å². The first-order valence-corrected chi connectivity index (χ1v) is 8.83. The molecule has 7 nitrogen and oxygen atoms in total. The fourth-order valence-corrected chi connectivity index (χ4v) is 3.81. The molecule has 0 unspecified atom stereocenters. The summed E-state index contributed by atoms with van der Waals surface area (Å²) in [6.45, 7) is 0. The summed E-state index contributed by atoms with van der Waals surface area (Å²) in [7, 11) is -9.04. The zero-order chi connectivity index (χ0) is 16.1. The smallest absolute Gasteiger partial charge is 0.282 e. The van der Waals surface area contributed by atoms with Gasteiger partial charge in [0, 0.05) is 17.0 Å². The van der Waals surface area contributed by atoms with Gasteiger partial charge in [-0.1, -0.05) is 12.1 Å². The molecule has 0 fully saturated rings. The second-order valence-corrected chi connectivity index (χ2v) is 7.36. The first-order valence-electron chi connectivity index (χ1n) is 5.95. The van der Waals surface area contributed by atoms with Gasteiger partial charge in [-0.25, -0.2) is 0 Å². The third-order valence-electron chi connectivity index (χ3n) is 3.21. The van der Waals surface area contributed by atoms with Crippen LogP contribution in [0.1, 0.15) is 0 Å². The molecule has 0 aliphatic carbocycles. The molecule has 114 valence electrons. The molecule has 9 heteroatoms. The van der Waals surface area contributed by atoms with Crippen LogP contribution < -0.4 is 0 Å². The van der Waals surface area contributed by atoms with Gasteiger partial charge in [0.1, 0.15) is 9.79 Å². The second kappa shape index (κ2) is 4.71. The van der Waals surface area contributed by atoms with Crippen LogP contribution in [-0.2, 0) is 20.2 Å². The maximum absolute atomic E-state index is 11.5. The lowest BCUT2D eigenvalue weighted by atomic mass is 10.1. The van der Waals surface area contributed by atoms with Gasteiger partial charge >= 0.3 is 0 Å². The molecule has 0 aliphatic heterocycles. The summed E-state index contributed by atoms with van der Waals surface area (Å²) in [4.78, 5) is 3.25. The number of hydrogen-bond acceptors (Lipinski definition) is 5. The number of rotatable bonds is 2. The topological polar surface area (TPSA) is 122 Å². The number of pyridine rings is 1. The molecular formula is C13H9NO6S2. The number of nitrogens with zero attached hydrogens (tertiary/aromatic N) is 1. The van der Waals surface area contributed by atoms with Crippen molar-refractivity contribution in [3.8, 4) is 0 Å². The maximum Gasteiger partial charge on any atom is 0.295 e. The van der Waals surface area contributed by atoms with Gasteiger partial charge in [-0.3, -0.25) is 14.1 Å². The van der Waals surface area contributed by atoms with E-state index in [0.29, 0.717) is 0 Å². The van der Waals surface area contributed by atoms with Crippen molar-refractivity contribution in [3.63, 3.8) is 0 Å². The number of hydrogen-bond donors (Lipinski definition) is 2. The van der Waals surface area contributed by atoms with E-state index in [0.717, 1.165) is 6.07 Å². The Morgan fingerprint density at radius 1 is 0.864 bits per heavy atom. The fraction of sp³-hybridized carbons (Fsp3) is 0. The Labute approximate surface area is 125 Å². The summed E-state index contributed by atoms with van der Waals surface area (Å²) in [5.41, 5.74) is 0.0563. The van der Waals surface area contributed by atoms with E-state index in [9.17, 15) is 25.9 Å². The van der Waals surface area contributed by atoms with E-state index >= 15 is 0 Å². The van der Waals surface area contributed by atoms with Gasteiger partial charge in [-0.15, -0.1) is 0 Å². The van der Waals surface area contributed by atoms with Crippen molar-refractivity contribution < 1.29 is 25.9 Å². The number of benzene rings is 2. The van der Waals surface area contributed by atoms with E-state index < -0.39 is 20.2 Å². The van der Waals surface area contributed by atoms with Crippen LogP contribution >= 0.6 is 0 Å². The third kappa shape index (κ3) is 2.33. The molecule has 0 bridgehead atoms. The quantitative estimate of drug-likeness (QED) is 0.540. The molecule has 0 amide bonds. The molecular weight excluding hydrogens is 330 g/mol. The summed E-state index contributed by atoms with van der Waals surface area (Å²) >= 11 is 0. The highest BCUT2D eigenvalue weighted by molar-refractivity contribution is 7.86. The lowest BCUT2D eigenvalue weighted by molar-refractivity contribution is 0.482. The maximum atomic E-state index is 11.5. The van der Waals surface area contributed by atoms with Crippen LogP contribution in [0.15, 0.2) is 52.4 Å². The minimum Gasteiger partial charge on any atom is -0.282 e. The summed E-state index contributed by atoms with van der Waals surface area (Å²) in [6, 6.07) is 8.01. The molecule has 0 saturated heterocycles. The highest BCUT2D eigenvalue weighted by Gasteiger charge is 2.21. The molecule has 0 saturated carbocycles. The molecule has 0 aliphatic rings. The molecule has 1 heterocycles. The highest BCUT2D eigenvalue weighted by Crippen LogP contribution is 2.33. The minimum absolute atomic E-state index is 0.0563. The summed E-state index contributed by atoms with van der Waals surface area (Å²) < 4.78 is 64.8. The molecule has 0 radical (unpaired) electrons. The van der Waals surface area contributed by atoms with Crippen molar-refractivity contribution in [2.75, 3.05) is 0 Å². The Kier molecular flexibility index (Phi) is 3.18. The standard InChI is InChI=1S/C13H9NO6S2/c15-21(16,17)10-5-1-3-8-7-11(22(18,19)20)9-4-2-6-14-13(9)12(8)10/h1-7H,(H,15,16,17)(H,18,19,20). The molecule has 3 aromatic rings. The number of aromatic nitrogens is 1. The molecule has 0 atom stereocenters. The van der Waals surface area contributed by atoms with Crippen LogP contribution in [0, 0.1) is 0 Å². The van der Waals surface area contributed by atoms with Crippen molar-refractivity contribution in [2.24, 2.45) is 0 Å². The average molecular weight is 339 g/mol. The molecule has 22 heavy (non-hydrogen) atoms. The lowest BCUT2D eigenvalue weighted by Crippen LogP contribution is -2.03. The van der Waals surface area contributed by atoms with Gasteiger partial charge in [-0.2, -0.15) is 16.8 Å². The number of fused-ring (bicyclic) bond motifs is 3. The van der Waals surface area contributed by atoms with Crippen molar-refractivity contribution >= 4 is 41.9 Å². The van der Waals surface area contributed by atoms with Crippen LogP contribution in [0.4, 0.5) is 0 Å². The zero-order valence-corrected chi connectivity index (χ0v) is 12.5. The average Bonchev–Trinajstić information content (AvgIpc) is 2.43. The van der Waals surface area contributed by atoms with E-state index in [1.165, 1.54) is 36.5 Å². The third-order valence-corrected chi connectivity index (χ3v) is 5.00. The van der Waals surface area contributed by atoms with E-state index in [1.54, 1.807) is 0 Å². The van der Waals surface area contributed by atoms with Crippen LogP contribution in [0.5, 0.6) is 0 Å². The van der Waals surface area contributed by atoms with Gasteiger partial charge in [0.25, 0.3) is 20.2 Å². The van der Waals surface area contributed by atoms with Gasteiger partial charge in [0.2, 0.25) is 0 Å². The lowest BCUT2D eigenvalue weighted by Gasteiger charge is -2.10. The van der Waals surface area contributed by atoms with E-state index in [1.807, 2.05) is 0 Å². The predicted octanol–water partition coefficient (Wildman–Crippen LogP) is 1.88. The SMILES string of the molecule is O=S(=O)(O)c1cc2cccc(S(=O)(=O)O)c2c2ncccc12. The van der Waals surface area contributed by atoms with Crippen LogP contribution in [0.2, 0.25) is 0 Å². The van der Waals surface area contributed by atoms with Gasteiger partial charge in [0.05, 0.1) is 5.52 Å². The Hall–Kier alpha value is -2.07. The van der Waals surface area contributed by atoms with Crippen molar-refractivity contribution in [2.45, 2.75) is 9.79 Å². The molecule has 2 aromatic carbocycles. The Bertz CT molecular complexity index is 1090. The Morgan fingerprint density at radius 2 is 1.55 bits per heavy atom. The molecule has 1 aromatic heterocycles. The second-order valence-electron chi connectivity index (χ2n) is 4.58. The molecule has 0 spiro atoms. The van der Waals surface area contributed by atoms with Crippen molar-refractivity contribution in [1.29, 1.82) is 0 Å². The Balaban J connectivity index is 2.68. The summed E-state index contributed by atoms with van der Waals surface area (Å²) in [5.74, 6) is 0. The normalized spacial score (nSPS) is 12.8. The van der Waals surface area contributed by atoms with Crippen LogP contribution in [-0.4, -0.2) is 30.9 Å². The fourth-order valence-electron chi connectivity index (χ4n) is 2.37. The van der Waals surface area contributed by atoms with Crippen LogP contribution in [0.25, 0.3) is 21.7 Å². The van der Waals surface area contributed by atoms with Gasteiger partial charge in [-0.05, 0) is 29.7 Å². The summed E-state index contributed by atoms with van der Waals surface area (Å²) in [5, 5.41) is 0.371. The minimum atomic E-state index is -4.52. The van der Waals surface area contributed by atoms with Gasteiger partial charge < -0.3 is 0 Å². The highest BCUT2D eigenvalue weighted by atomic mass is 32.2. The predicted molar refractivity (Wildman–Crippen MR) is 78.9 cm³/mol. The van der Waals surface area contributed by atoms with Crippen molar-refractivity contribution in [3.05, 3.63) is 42.6 Å². The largest absolute Gasteiger partial charge is 0.295 e. The zero-order valence-electron chi connectivity index (χ0n) is 10.8. The first-order chi connectivity index (χ1) is 10.2. The monoisotopic (exact) mass is 339 g/mol. The van der Waals surface area contributed by atoms with Crippen LogP contribution in [0.3, 0.4) is 0 Å². The molecule has 2 N–H and O–H groups in total. The van der Waals surface area contributed by atoms with E-state index in [2.05, 4.69) is 4.98 Å².